The molecule has 4 nitrogen and oxygen atoms in total. The van der Waals surface area contributed by atoms with Crippen LogP contribution in [0.2, 0.25) is 0 Å². The second-order valence-corrected chi connectivity index (χ2v) is 8.13. The second-order valence-electron chi connectivity index (χ2n) is 6.71. The lowest BCUT2D eigenvalue weighted by Gasteiger charge is -2.28. The standard InChI is InChI=1S/C20H27N3OS2/c1-17-6-2-3-8-19(17)21-20(25)23(16-18-7-4-15-26-18)10-5-9-22-11-13-24-14-12-22/h2-4,6-8,15H,5,9-14,16H2,1H3,(H,21,25)/p+1. The number of hydrogen-bond donors (Lipinski definition) is 2. The number of hydrogen-bond acceptors (Lipinski definition) is 3. The van der Waals surface area contributed by atoms with E-state index in [2.05, 4.69) is 52.9 Å². The number of anilines is 1. The molecule has 1 fully saturated rings. The smallest absolute Gasteiger partial charge is 0.173 e. The van der Waals surface area contributed by atoms with Crippen molar-refractivity contribution in [3.63, 3.8) is 0 Å². The number of thiophene rings is 1. The summed E-state index contributed by atoms with van der Waals surface area (Å²) in [5.74, 6) is 0. The van der Waals surface area contributed by atoms with Crippen molar-refractivity contribution in [3.8, 4) is 0 Å². The highest BCUT2D eigenvalue weighted by Crippen LogP contribution is 2.17. The molecule has 1 aromatic carbocycles. The van der Waals surface area contributed by atoms with E-state index in [1.165, 1.54) is 17.0 Å². The highest BCUT2D eigenvalue weighted by Gasteiger charge is 2.16. The van der Waals surface area contributed by atoms with Crippen LogP contribution in [0.5, 0.6) is 0 Å². The molecule has 1 aliphatic heterocycles. The third kappa shape index (κ3) is 5.77. The molecule has 26 heavy (non-hydrogen) atoms. The maximum absolute atomic E-state index is 5.75. The van der Waals surface area contributed by atoms with Crippen molar-refractivity contribution in [2.24, 2.45) is 0 Å². The summed E-state index contributed by atoms with van der Waals surface area (Å²) in [6.07, 6.45) is 1.14. The third-order valence-electron chi connectivity index (χ3n) is 4.76. The molecule has 0 aliphatic carbocycles. The SMILES string of the molecule is Cc1ccccc1NC(=S)N(CCC[NH+]1CCOCC1)Cc1cccs1. The summed E-state index contributed by atoms with van der Waals surface area (Å²) in [5, 5.41) is 6.38. The predicted molar refractivity (Wildman–Crippen MR) is 113 cm³/mol. The van der Waals surface area contributed by atoms with Crippen LogP contribution in [0.1, 0.15) is 16.9 Å². The number of para-hydroxylation sites is 1. The minimum absolute atomic E-state index is 0.810. The Bertz CT molecular complexity index is 684. The van der Waals surface area contributed by atoms with Gasteiger partial charge in [-0.05, 0) is 42.2 Å². The molecule has 2 heterocycles. The van der Waals surface area contributed by atoms with Gasteiger partial charge in [-0.1, -0.05) is 24.3 Å². The van der Waals surface area contributed by atoms with Gasteiger partial charge in [-0.2, -0.15) is 0 Å². The summed E-state index contributed by atoms with van der Waals surface area (Å²) < 4.78 is 5.45. The zero-order valence-electron chi connectivity index (χ0n) is 15.4. The second kappa shape index (κ2) is 10.0. The van der Waals surface area contributed by atoms with E-state index in [1.54, 1.807) is 16.2 Å². The highest BCUT2D eigenvalue weighted by molar-refractivity contribution is 7.80. The van der Waals surface area contributed by atoms with E-state index in [-0.39, 0.29) is 0 Å². The number of nitrogens with zero attached hydrogens (tertiary/aromatic N) is 1. The zero-order chi connectivity index (χ0) is 18.2. The van der Waals surface area contributed by atoms with Gasteiger partial charge in [0.2, 0.25) is 0 Å². The summed E-state index contributed by atoms with van der Waals surface area (Å²) in [4.78, 5) is 5.29. The summed E-state index contributed by atoms with van der Waals surface area (Å²) in [6.45, 7) is 9.15. The molecule has 3 rings (SSSR count). The van der Waals surface area contributed by atoms with E-state index in [9.17, 15) is 0 Å². The quantitative estimate of drug-likeness (QED) is 0.711. The molecule has 1 saturated heterocycles. The van der Waals surface area contributed by atoms with E-state index in [0.717, 1.165) is 56.6 Å². The topological polar surface area (TPSA) is 28.9 Å². The van der Waals surface area contributed by atoms with Gasteiger partial charge in [0.1, 0.15) is 13.1 Å². The van der Waals surface area contributed by atoms with Gasteiger partial charge in [-0.25, -0.2) is 0 Å². The van der Waals surface area contributed by atoms with Crippen molar-refractivity contribution in [3.05, 3.63) is 52.2 Å². The Morgan fingerprint density at radius 1 is 1.23 bits per heavy atom. The molecule has 6 heteroatoms. The van der Waals surface area contributed by atoms with Crippen molar-refractivity contribution in [1.29, 1.82) is 0 Å². The molecular formula is C20H28N3OS2+. The molecule has 1 aromatic heterocycles. The Hall–Kier alpha value is -1.47. The first-order valence-corrected chi connectivity index (χ1v) is 10.6. The van der Waals surface area contributed by atoms with Crippen LogP contribution in [0.15, 0.2) is 41.8 Å². The Balaban J connectivity index is 1.58. The van der Waals surface area contributed by atoms with Gasteiger partial charge in [0.05, 0.1) is 26.3 Å². The van der Waals surface area contributed by atoms with Crippen molar-refractivity contribution in [2.45, 2.75) is 19.9 Å². The van der Waals surface area contributed by atoms with Crippen LogP contribution in [-0.4, -0.2) is 49.4 Å². The van der Waals surface area contributed by atoms with Crippen LogP contribution in [0, 0.1) is 6.92 Å². The molecule has 2 aromatic rings. The van der Waals surface area contributed by atoms with Gasteiger partial charge in [0.15, 0.2) is 5.11 Å². The Kier molecular flexibility index (Phi) is 7.43. The summed E-state index contributed by atoms with van der Waals surface area (Å²) in [7, 11) is 0. The first-order valence-electron chi connectivity index (χ1n) is 9.27. The normalized spacial score (nSPS) is 15.0. The van der Waals surface area contributed by atoms with Gasteiger partial charge in [0, 0.05) is 23.5 Å². The molecule has 0 spiro atoms. The molecule has 0 atom stereocenters. The molecule has 0 amide bonds. The van der Waals surface area contributed by atoms with Gasteiger partial charge >= 0.3 is 0 Å². The van der Waals surface area contributed by atoms with Crippen LogP contribution in [0.3, 0.4) is 0 Å². The fourth-order valence-corrected chi connectivity index (χ4v) is 4.17. The van der Waals surface area contributed by atoms with Crippen LogP contribution < -0.4 is 10.2 Å². The molecule has 0 unspecified atom stereocenters. The maximum Gasteiger partial charge on any atom is 0.173 e. The predicted octanol–water partition coefficient (Wildman–Crippen LogP) is 2.56. The first-order chi connectivity index (χ1) is 12.7. The van der Waals surface area contributed by atoms with E-state index in [0.29, 0.717) is 0 Å². The van der Waals surface area contributed by atoms with Crippen LogP contribution in [0.25, 0.3) is 0 Å². The minimum atomic E-state index is 0.810. The average molecular weight is 391 g/mol. The van der Waals surface area contributed by atoms with Crippen molar-refractivity contribution < 1.29 is 9.64 Å². The molecule has 0 bridgehead atoms. The molecule has 2 N–H and O–H groups in total. The van der Waals surface area contributed by atoms with E-state index < -0.39 is 0 Å². The average Bonchev–Trinajstić information content (AvgIpc) is 3.17. The van der Waals surface area contributed by atoms with Crippen molar-refractivity contribution >= 4 is 34.4 Å². The largest absolute Gasteiger partial charge is 0.370 e. The Morgan fingerprint density at radius 3 is 2.77 bits per heavy atom. The zero-order valence-corrected chi connectivity index (χ0v) is 17.0. The molecular weight excluding hydrogens is 362 g/mol. The summed E-state index contributed by atoms with van der Waals surface area (Å²) in [5.41, 5.74) is 2.30. The minimum Gasteiger partial charge on any atom is -0.370 e. The first kappa shape index (κ1) is 19.3. The van der Waals surface area contributed by atoms with Crippen molar-refractivity contribution in [1.82, 2.24) is 4.90 Å². The van der Waals surface area contributed by atoms with Gasteiger partial charge < -0.3 is 19.9 Å². The van der Waals surface area contributed by atoms with E-state index >= 15 is 0 Å². The number of quaternary nitrogens is 1. The molecule has 140 valence electrons. The van der Waals surface area contributed by atoms with E-state index in [4.69, 9.17) is 17.0 Å². The van der Waals surface area contributed by atoms with Gasteiger partial charge in [-0.15, -0.1) is 11.3 Å². The Morgan fingerprint density at radius 2 is 2.04 bits per heavy atom. The van der Waals surface area contributed by atoms with Crippen LogP contribution in [0.4, 0.5) is 5.69 Å². The highest BCUT2D eigenvalue weighted by atomic mass is 32.1. The number of aryl methyl sites for hydroxylation is 1. The number of nitrogens with one attached hydrogen (secondary N) is 2. The number of thiocarbonyl (C=S) groups is 1. The number of ether oxygens (including phenoxy) is 1. The molecule has 0 radical (unpaired) electrons. The van der Waals surface area contributed by atoms with Crippen molar-refractivity contribution in [2.75, 3.05) is 44.7 Å². The fourth-order valence-electron chi connectivity index (χ4n) is 3.18. The van der Waals surface area contributed by atoms with Crippen LogP contribution >= 0.6 is 23.6 Å². The summed E-state index contributed by atoms with van der Waals surface area (Å²) >= 11 is 7.54. The lowest BCUT2D eigenvalue weighted by Crippen LogP contribution is -3.14. The lowest BCUT2D eigenvalue weighted by atomic mass is 10.2. The molecule has 0 saturated carbocycles. The van der Waals surface area contributed by atoms with Gasteiger partial charge in [0.25, 0.3) is 0 Å². The molecule has 1 aliphatic rings. The van der Waals surface area contributed by atoms with Gasteiger partial charge in [-0.3, -0.25) is 0 Å². The number of morpholine rings is 1. The maximum atomic E-state index is 5.75. The van der Waals surface area contributed by atoms with E-state index in [1.807, 2.05) is 6.07 Å². The monoisotopic (exact) mass is 390 g/mol. The fraction of sp³-hybridized carbons (Fsp3) is 0.450. The Labute approximate surface area is 165 Å². The lowest BCUT2D eigenvalue weighted by molar-refractivity contribution is -0.908. The third-order valence-corrected chi connectivity index (χ3v) is 5.98. The van der Waals surface area contributed by atoms with Crippen LogP contribution in [-0.2, 0) is 11.3 Å². The number of benzene rings is 1. The number of rotatable bonds is 7. The summed E-state index contributed by atoms with van der Waals surface area (Å²) in [6, 6.07) is 12.6.